The maximum Gasteiger partial charge on any atom is 0.361 e. The van der Waals surface area contributed by atoms with Crippen molar-refractivity contribution in [2.75, 3.05) is 25.4 Å². The Labute approximate surface area is 187 Å². The van der Waals surface area contributed by atoms with Gasteiger partial charge in [-0.05, 0) is 55.0 Å². The second kappa shape index (κ2) is 8.98. The molecule has 1 aromatic carbocycles. The van der Waals surface area contributed by atoms with Crippen LogP contribution in [-0.2, 0) is 9.53 Å². The van der Waals surface area contributed by atoms with E-state index in [1.54, 1.807) is 11.4 Å². The van der Waals surface area contributed by atoms with Crippen LogP contribution in [0, 0.1) is 5.92 Å². The third-order valence-electron chi connectivity index (χ3n) is 5.99. The Kier molecular flexibility index (Phi) is 6.12. The maximum absolute atomic E-state index is 12.5. The summed E-state index contributed by atoms with van der Waals surface area (Å²) in [6, 6.07) is 9.64. The van der Waals surface area contributed by atoms with E-state index in [0.29, 0.717) is 17.1 Å². The third kappa shape index (κ3) is 4.17. The molecule has 1 aliphatic heterocycles. The minimum absolute atomic E-state index is 0.0106. The Hall–Kier alpha value is -3.42. The number of fused-ring (bicyclic) bond motifs is 1. The first-order valence-corrected chi connectivity index (χ1v) is 11.1. The number of ether oxygens (including phenoxy) is 1. The molecule has 4 rings (SSSR count). The number of anilines is 1. The Bertz CT molecular complexity index is 1130. The number of nitrogens with two attached hydrogens (primary N) is 1. The molecule has 3 aromatic rings. The number of likely N-dealkylation sites (tertiary alicyclic amines) is 1. The van der Waals surface area contributed by atoms with Crippen LogP contribution in [0.5, 0.6) is 0 Å². The molecule has 1 amide bonds. The second-order valence-corrected chi connectivity index (χ2v) is 8.52. The van der Waals surface area contributed by atoms with Crippen LogP contribution in [0.15, 0.2) is 36.5 Å². The van der Waals surface area contributed by atoms with Gasteiger partial charge in [0.2, 0.25) is 5.91 Å². The molecule has 8 nitrogen and oxygen atoms in total. The van der Waals surface area contributed by atoms with Crippen molar-refractivity contribution in [3.63, 3.8) is 0 Å². The predicted octanol–water partition coefficient (Wildman–Crippen LogP) is 3.52. The minimum atomic E-state index is -0.493. The Morgan fingerprint density at radius 1 is 1.19 bits per heavy atom. The number of nitrogens with zero attached hydrogens (tertiary/aromatic N) is 4. The lowest BCUT2D eigenvalue weighted by atomic mass is 9.88. The zero-order valence-corrected chi connectivity index (χ0v) is 18.7. The SMILES string of the molecule is CCOC(=O)c1nnn2cc(C3CCN(C(=O)C(C)C)CC3)cc(-c3ccc(N)cc3)c12. The van der Waals surface area contributed by atoms with E-state index >= 15 is 0 Å². The van der Waals surface area contributed by atoms with Crippen LogP contribution >= 0.6 is 0 Å². The molecule has 1 saturated heterocycles. The molecule has 3 heterocycles. The molecule has 32 heavy (non-hydrogen) atoms. The molecule has 0 unspecified atom stereocenters. The van der Waals surface area contributed by atoms with Crippen molar-refractivity contribution < 1.29 is 14.3 Å². The molecule has 8 heteroatoms. The van der Waals surface area contributed by atoms with Crippen molar-refractivity contribution in [2.45, 2.75) is 39.5 Å². The number of pyridine rings is 1. The van der Waals surface area contributed by atoms with Crippen molar-refractivity contribution in [3.8, 4) is 11.1 Å². The number of aromatic nitrogens is 3. The first kappa shape index (κ1) is 21.8. The van der Waals surface area contributed by atoms with Gasteiger partial charge in [0.05, 0.1) is 6.61 Å². The highest BCUT2D eigenvalue weighted by molar-refractivity contribution is 6.00. The van der Waals surface area contributed by atoms with Crippen molar-refractivity contribution in [2.24, 2.45) is 5.92 Å². The van der Waals surface area contributed by atoms with Crippen molar-refractivity contribution >= 4 is 23.1 Å². The fraction of sp³-hybridized carbons (Fsp3) is 0.417. The van der Waals surface area contributed by atoms with Gasteiger partial charge >= 0.3 is 5.97 Å². The van der Waals surface area contributed by atoms with E-state index in [1.165, 1.54) is 0 Å². The smallest absolute Gasteiger partial charge is 0.361 e. The van der Waals surface area contributed by atoms with Crippen LogP contribution in [0.2, 0.25) is 0 Å². The summed E-state index contributed by atoms with van der Waals surface area (Å²) in [5.41, 5.74) is 10.3. The molecule has 0 aliphatic carbocycles. The van der Waals surface area contributed by atoms with Crippen LogP contribution in [0.3, 0.4) is 0 Å². The topological polar surface area (TPSA) is 103 Å². The number of carbonyl (C=O) groups excluding carboxylic acids is 2. The Balaban J connectivity index is 1.73. The molecular formula is C24H29N5O3. The normalized spacial score (nSPS) is 14.8. The minimum Gasteiger partial charge on any atom is -0.461 e. The van der Waals surface area contributed by atoms with Gasteiger partial charge in [0.25, 0.3) is 0 Å². The monoisotopic (exact) mass is 435 g/mol. The highest BCUT2D eigenvalue weighted by Gasteiger charge is 2.27. The van der Waals surface area contributed by atoms with Gasteiger partial charge in [-0.2, -0.15) is 0 Å². The molecule has 2 aromatic heterocycles. The number of benzene rings is 1. The number of nitrogen functional groups attached to an aromatic ring is 1. The van der Waals surface area contributed by atoms with E-state index in [4.69, 9.17) is 10.5 Å². The van der Waals surface area contributed by atoms with Gasteiger partial charge in [-0.15, -0.1) is 5.10 Å². The van der Waals surface area contributed by atoms with Crippen LogP contribution in [0.25, 0.3) is 16.6 Å². The molecule has 168 valence electrons. The lowest BCUT2D eigenvalue weighted by Crippen LogP contribution is -2.40. The van der Waals surface area contributed by atoms with Crippen LogP contribution in [0.1, 0.15) is 55.6 Å². The zero-order valence-electron chi connectivity index (χ0n) is 18.7. The Morgan fingerprint density at radius 3 is 2.50 bits per heavy atom. The molecule has 1 fully saturated rings. The molecule has 2 N–H and O–H groups in total. The van der Waals surface area contributed by atoms with E-state index in [-0.39, 0.29) is 24.1 Å². The molecular weight excluding hydrogens is 406 g/mol. The van der Waals surface area contributed by atoms with E-state index in [0.717, 1.165) is 42.6 Å². The van der Waals surface area contributed by atoms with E-state index in [2.05, 4.69) is 16.4 Å². The number of hydrogen-bond donors (Lipinski definition) is 1. The van der Waals surface area contributed by atoms with Crippen molar-refractivity contribution in [1.82, 2.24) is 19.7 Å². The highest BCUT2D eigenvalue weighted by Crippen LogP contribution is 2.34. The predicted molar refractivity (Wildman–Crippen MR) is 122 cm³/mol. The van der Waals surface area contributed by atoms with Crippen molar-refractivity contribution in [1.29, 1.82) is 0 Å². The first-order chi connectivity index (χ1) is 15.4. The van der Waals surface area contributed by atoms with Gasteiger partial charge in [-0.1, -0.05) is 31.2 Å². The average Bonchev–Trinajstić information content (AvgIpc) is 3.23. The summed E-state index contributed by atoms with van der Waals surface area (Å²) in [5.74, 6) is 0.0131. The number of amides is 1. The fourth-order valence-electron chi connectivity index (χ4n) is 4.29. The summed E-state index contributed by atoms with van der Waals surface area (Å²) >= 11 is 0. The number of esters is 1. The summed E-state index contributed by atoms with van der Waals surface area (Å²) in [6.45, 7) is 7.38. The lowest BCUT2D eigenvalue weighted by molar-refractivity contribution is -0.135. The number of rotatable bonds is 5. The molecule has 0 radical (unpaired) electrons. The molecule has 1 aliphatic rings. The number of hydrogen-bond acceptors (Lipinski definition) is 6. The third-order valence-corrected chi connectivity index (χ3v) is 5.99. The summed E-state index contributed by atoms with van der Waals surface area (Å²) in [4.78, 5) is 26.8. The lowest BCUT2D eigenvalue weighted by Gasteiger charge is -2.33. The summed E-state index contributed by atoms with van der Waals surface area (Å²) < 4.78 is 6.86. The van der Waals surface area contributed by atoms with Crippen LogP contribution in [-0.4, -0.2) is 51.3 Å². The number of piperidine rings is 1. The summed E-state index contributed by atoms with van der Waals surface area (Å²) in [7, 11) is 0. The fourth-order valence-corrected chi connectivity index (χ4v) is 4.29. The maximum atomic E-state index is 12.5. The van der Waals surface area contributed by atoms with E-state index < -0.39 is 5.97 Å². The zero-order chi connectivity index (χ0) is 22.8. The van der Waals surface area contributed by atoms with E-state index in [9.17, 15) is 9.59 Å². The van der Waals surface area contributed by atoms with Gasteiger partial charge in [0.15, 0.2) is 5.69 Å². The summed E-state index contributed by atoms with van der Waals surface area (Å²) in [6.07, 6.45) is 3.70. The van der Waals surface area contributed by atoms with Crippen LogP contribution < -0.4 is 5.73 Å². The van der Waals surface area contributed by atoms with Crippen LogP contribution in [0.4, 0.5) is 5.69 Å². The van der Waals surface area contributed by atoms with E-state index in [1.807, 2.05) is 49.2 Å². The highest BCUT2D eigenvalue weighted by atomic mass is 16.5. The van der Waals surface area contributed by atoms with Crippen molar-refractivity contribution in [3.05, 3.63) is 47.8 Å². The van der Waals surface area contributed by atoms with Gasteiger partial charge in [-0.25, -0.2) is 9.31 Å². The largest absolute Gasteiger partial charge is 0.461 e. The average molecular weight is 436 g/mol. The second-order valence-electron chi connectivity index (χ2n) is 8.52. The number of carbonyl (C=O) groups is 2. The molecule has 0 spiro atoms. The van der Waals surface area contributed by atoms with Gasteiger partial charge in [0, 0.05) is 36.5 Å². The standard InChI is InChI=1S/C24H29N5O3/c1-4-32-24(31)21-22-20(17-5-7-19(25)8-6-17)13-18(14-29(22)27-26-21)16-9-11-28(12-10-16)23(30)15(2)3/h5-8,13-16H,4,9-12,25H2,1-3H3. The molecule has 0 bridgehead atoms. The van der Waals surface area contributed by atoms with Gasteiger partial charge in [-0.3, -0.25) is 4.79 Å². The molecule has 0 atom stereocenters. The quantitative estimate of drug-likeness (QED) is 0.486. The molecule has 0 saturated carbocycles. The first-order valence-electron chi connectivity index (χ1n) is 11.1. The van der Waals surface area contributed by atoms with Gasteiger partial charge < -0.3 is 15.4 Å². The summed E-state index contributed by atoms with van der Waals surface area (Å²) in [5, 5.41) is 8.34. The Morgan fingerprint density at radius 2 is 1.88 bits per heavy atom. The van der Waals surface area contributed by atoms with Gasteiger partial charge in [0.1, 0.15) is 5.52 Å².